The van der Waals surface area contributed by atoms with Crippen LogP contribution in [0.4, 0.5) is 5.69 Å². The first-order valence-electron chi connectivity index (χ1n) is 7.49. The number of nitrogens with one attached hydrogen (secondary N) is 2. The van der Waals surface area contributed by atoms with Crippen molar-refractivity contribution in [1.29, 1.82) is 0 Å². The van der Waals surface area contributed by atoms with Crippen molar-refractivity contribution in [3.05, 3.63) is 86.9 Å². The Kier molecular flexibility index (Phi) is 3.31. The zero-order chi connectivity index (χ0) is 16.5. The second-order valence-electron chi connectivity index (χ2n) is 5.43. The number of hydrogen-bond acceptors (Lipinski definition) is 3. The molecule has 0 saturated heterocycles. The van der Waals surface area contributed by atoms with Gasteiger partial charge >= 0.3 is 0 Å². The molecule has 4 rings (SSSR count). The number of aromatic amines is 2. The van der Waals surface area contributed by atoms with Gasteiger partial charge in [-0.2, -0.15) is 0 Å². The van der Waals surface area contributed by atoms with E-state index in [4.69, 9.17) is 0 Å². The quantitative estimate of drug-likeness (QED) is 0.557. The summed E-state index contributed by atoms with van der Waals surface area (Å²) < 4.78 is 0. The standard InChI is InChI=1S/C19H13N3O2/c23-18-15-9-4-10-16(17(15)19(24)22-21-18)20-11-13-7-3-6-12-5-1-2-8-14(12)13/h1-11H,(H,21,23)(H,22,24). The van der Waals surface area contributed by atoms with E-state index in [2.05, 4.69) is 15.2 Å². The predicted octanol–water partition coefficient (Wildman–Crippen LogP) is 3.12. The lowest BCUT2D eigenvalue weighted by molar-refractivity contribution is 0.976. The van der Waals surface area contributed by atoms with Gasteiger partial charge in [-0.25, -0.2) is 0 Å². The zero-order valence-electron chi connectivity index (χ0n) is 12.6. The Morgan fingerprint density at radius 1 is 0.750 bits per heavy atom. The van der Waals surface area contributed by atoms with Crippen molar-refractivity contribution in [2.45, 2.75) is 0 Å². The minimum Gasteiger partial charge on any atom is -0.267 e. The highest BCUT2D eigenvalue weighted by atomic mass is 16.1. The summed E-state index contributed by atoms with van der Waals surface area (Å²) in [7, 11) is 0. The van der Waals surface area contributed by atoms with Crippen molar-refractivity contribution in [3.8, 4) is 0 Å². The summed E-state index contributed by atoms with van der Waals surface area (Å²) >= 11 is 0. The third-order valence-corrected chi connectivity index (χ3v) is 3.97. The number of nitrogens with zero attached hydrogens (tertiary/aromatic N) is 1. The molecule has 0 atom stereocenters. The van der Waals surface area contributed by atoms with Crippen molar-refractivity contribution in [2.24, 2.45) is 4.99 Å². The molecule has 3 aromatic carbocycles. The average molecular weight is 315 g/mol. The smallest absolute Gasteiger partial charge is 0.267 e. The molecule has 0 amide bonds. The molecule has 1 heterocycles. The van der Waals surface area contributed by atoms with Crippen molar-refractivity contribution in [2.75, 3.05) is 0 Å². The molecule has 1 aromatic heterocycles. The second-order valence-corrected chi connectivity index (χ2v) is 5.43. The van der Waals surface area contributed by atoms with Crippen LogP contribution in [0.3, 0.4) is 0 Å². The van der Waals surface area contributed by atoms with Gasteiger partial charge in [-0.15, -0.1) is 0 Å². The van der Waals surface area contributed by atoms with Crippen molar-refractivity contribution in [1.82, 2.24) is 10.2 Å². The Hall–Kier alpha value is -3.47. The maximum absolute atomic E-state index is 12.1. The SMILES string of the molecule is O=c1[nH][nH]c(=O)c2c(N=Cc3cccc4ccccc34)cccc12. The Labute approximate surface area is 136 Å². The molecular formula is C19H13N3O2. The van der Waals surface area contributed by atoms with Crippen LogP contribution in [0.25, 0.3) is 21.5 Å². The number of aliphatic imine (C=N–C) groups is 1. The molecule has 0 aliphatic heterocycles. The van der Waals surface area contributed by atoms with Crippen molar-refractivity contribution >= 4 is 33.4 Å². The van der Waals surface area contributed by atoms with Gasteiger partial charge in [-0.3, -0.25) is 24.8 Å². The molecule has 5 heteroatoms. The van der Waals surface area contributed by atoms with Crippen molar-refractivity contribution in [3.63, 3.8) is 0 Å². The fourth-order valence-corrected chi connectivity index (χ4v) is 2.82. The number of rotatable bonds is 2. The van der Waals surface area contributed by atoms with Gasteiger partial charge in [-0.1, -0.05) is 48.5 Å². The predicted molar refractivity (Wildman–Crippen MR) is 96.4 cm³/mol. The van der Waals surface area contributed by atoms with Gasteiger partial charge in [0, 0.05) is 11.8 Å². The van der Waals surface area contributed by atoms with Crippen LogP contribution in [-0.4, -0.2) is 16.4 Å². The summed E-state index contributed by atoms with van der Waals surface area (Å²) in [5.74, 6) is 0. The summed E-state index contributed by atoms with van der Waals surface area (Å²) in [6.07, 6.45) is 1.72. The van der Waals surface area contributed by atoms with Gasteiger partial charge in [0.15, 0.2) is 0 Å². The fourth-order valence-electron chi connectivity index (χ4n) is 2.82. The summed E-state index contributed by atoms with van der Waals surface area (Å²) in [4.78, 5) is 28.4. The molecule has 0 saturated carbocycles. The van der Waals surface area contributed by atoms with E-state index in [1.165, 1.54) is 0 Å². The highest BCUT2D eigenvalue weighted by Crippen LogP contribution is 2.22. The Bertz CT molecular complexity index is 1200. The minimum absolute atomic E-state index is 0.290. The van der Waals surface area contributed by atoms with Crippen LogP contribution in [0.15, 0.2) is 75.2 Å². The van der Waals surface area contributed by atoms with E-state index in [-0.39, 0.29) is 16.5 Å². The normalized spacial score (nSPS) is 11.5. The first kappa shape index (κ1) is 14.1. The van der Waals surface area contributed by atoms with Crippen LogP contribution in [0.2, 0.25) is 0 Å². The second kappa shape index (κ2) is 5.62. The molecule has 2 N–H and O–H groups in total. The molecule has 24 heavy (non-hydrogen) atoms. The molecule has 0 radical (unpaired) electrons. The lowest BCUT2D eigenvalue weighted by atomic mass is 10.1. The van der Waals surface area contributed by atoms with Gasteiger partial charge in [-0.05, 0) is 22.9 Å². The lowest BCUT2D eigenvalue weighted by Gasteiger charge is -2.02. The van der Waals surface area contributed by atoms with E-state index in [9.17, 15) is 9.59 Å². The minimum atomic E-state index is -0.365. The molecule has 0 aliphatic carbocycles. The van der Waals surface area contributed by atoms with E-state index >= 15 is 0 Å². The highest BCUT2D eigenvalue weighted by Gasteiger charge is 2.07. The van der Waals surface area contributed by atoms with Crippen LogP contribution in [0.1, 0.15) is 5.56 Å². The van der Waals surface area contributed by atoms with E-state index in [0.717, 1.165) is 16.3 Å². The van der Waals surface area contributed by atoms with Crippen LogP contribution < -0.4 is 11.1 Å². The van der Waals surface area contributed by atoms with Gasteiger partial charge < -0.3 is 0 Å². The third kappa shape index (κ3) is 2.32. The Morgan fingerprint density at radius 3 is 2.38 bits per heavy atom. The van der Waals surface area contributed by atoms with Gasteiger partial charge in [0.1, 0.15) is 0 Å². The van der Waals surface area contributed by atoms with Crippen LogP contribution in [-0.2, 0) is 0 Å². The Balaban J connectivity index is 1.91. The molecule has 0 bridgehead atoms. The summed E-state index contributed by atoms with van der Waals surface area (Å²) in [6, 6.07) is 19.0. The molecule has 5 nitrogen and oxygen atoms in total. The first-order valence-corrected chi connectivity index (χ1v) is 7.49. The van der Waals surface area contributed by atoms with Crippen LogP contribution >= 0.6 is 0 Å². The Morgan fingerprint density at radius 2 is 1.46 bits per heavy atom. The zero-order valence-corrected chi connectivity index (χ0v) is 12.6. The molecule has 0 aliphatic rings. The summed E-state index contributed by atoms with van der Waals surface area (Å²) in [5, 5.41) is 7.48. The molecule has 116 valence electrons. The highest BCUT2D eigenvalue weighted by molar-refractivity contribution is 6.02. The van der Waals surface area contributed by atoms with Gasteiger partial charge in [0.25, 0.3) is 11.1 Å². The fraction of sp³-hybridized carbons (Fsp3) is 0. The first-order chi connectivity index (χ1) is 11.7. The number of H-pyrrole nitrogens is 2. The summed E-state index contributed by atoms with van der Waals surface area (Å²) in [6.45, 7) is 0. The van der Waals surface area contributed by atoms with E-state index in [1.807, 2.05) is 42.5 Å². The summed E-state index contributed by atoms with van der Waals surface area (Å²) in [5.41, 5.74) is 0.709. The topological polar surface area (TPSA) is 78.1 Å². The molecular weight excluding hydrogens is 302 g/mol. The third-order valence-electron chi connectivity index (χ3n) is 3.97. The van der Waals surface area contributed by atoms with Crippen LogP contribution in [0, 0.1) is 0 Å². The number of hydrogen-bond donors (Lipinski definition) is 2. The number of fused-ring (bicyclic) bond motifs is 2. The maximum atomic E-state index is 12.1. The average Bonchev–Trinajstić information content (AvgIpc) is 2.63. The lowest BCUT2D eigenvalue weighted by Crippen LogP contribution is -2.18. The molecule has 0 unspecified atom stereocenters. The molecule has 0 spiro atoms. The van der Waals surface area contributed by atoms with E-state index in [0.29, 0.717) is 11.1 Å². The number of benzene rings is 3. The van der Waals surface area contributed by atoms with E-state index < -0.39 is 0 Å². The molecule has 4 aromatic rings. The van der Waals surface area contributed by atoms with Crippen LogP contribution in [0.5, 0.6) is 0 Å². The molecule has 0 fully saturated rings. The largest absolute Gasteiger partial charge is 0.272 e. The number of aromatic nitrogens is 2. The van der Waals surface area contributed by atoms with Crippen molar-refractivity contribution < 1.29 is 0 Å². The monoisotopic (exact) mass is 315 g/mol. The maximum Gasteiger partial charge on any atom is 0.272 e. The van der Waals surface area contributed by atoms with Gasteiger partial charge in [0.05, 0.1) is 16.5 Å². The van der Waals surface area contributed by atoms with E-state index in [1.54, 1.807) is 24.4 Å². The van der Waals surface area contributed by atoms with Gasteiger partial charge in [0.2, 0.25) is 0 Å².